The minimum absolute atomic E-state index is 0.00372. The van der Waals surface area contributed by atoms with Crippen LogP contribution in [0.5, 0.6) is 0 Å². The van der Waals surface area contributed by atoms with E-state index in [1.807, 2.05) is 53.8 Å². The standard InChI is InChI=1S/C21H21ClN6O/c1-14-25-26-21-6-5-18-20(28(14)21)12-19(17(23)7-8-24-9-10-29)27(18)13-15-3-2-4-16(22)11-15/h2-6,8,11-12,23,29H,7,9-10,13H2,1H3. The number of rotatable bonds is 7. The van der Waals surface area contributed by atoms with Crippen LogP contribution in [0.15, 0.2) is 47.5 Å². The minimum Gasteiger partial charge on any atom is -0.394 e. The Balaban J connectivity index is 1.84. The molecule has 4 rings (SSSR count). The zero-order valence-corrected chi connectivity index (χ0v) is 16.8. The first-order valence-electron chi connectivity index (χ1n) is 9.34. The number of aromatic nitrogens is 4. The second kappa shape index (κ2) is 8.14. The van der Waals surface area contributed by atoms with Crippen molar-refractivity contribution in [2.45, 2.75) is 19.9 Å². The molecule has 7 nitrogen and oxygen atoms in total. The molecule has 0 fully saturated rings. The first-order chi connectivity index (χ1) is 14.1. The predicted molar refractivity (Wildman–Crippen MR) is 116 cm³/mol. The van der Waals surface area contributed by atoms with E-state index < -0.39 is 0 Å². The lowest BCUT2D eigenvalue weighted by Gasteiger charge is -2.11. The van der Waals surface area contributed by atoms with Gasteiger partial charge >= 0.3 is 0 Å². The molecule has 3 heterocycles. The number of nitrogens with zero attached hydrogens (tertiary/aromatic N) is 5. The molecule has 4 aromatic rings. The fourth-order valence-corrected chi connectivity index (χ4v) is 3.70. The SMILES string of the molecule is Cc1nnc2ccc3c(cc(C(=N)CC=NCCO)n3Cc3cccc(Cl)c3)n12. The molecule has 1 aromatic carbocycles. The van der Waals surface area contributed by atoms with E-state index in [-0.39, 0.29) is 6.61 Å². The molecule has 0 aliphatic rings. The molecular weight excluding hydrogens is 388 g/mol. The van der Waals surface area contributed by atoms with Crippen molar-refractivity contribution < 1.29 is 5.11 Å². The fourth-order valence-electron chi connectivity index (χ4n) is 3.49. The number of aliphatic imine (C=N–C) groups is 1. The van der Waals surface area contributed by atoms with Gasteiger partial charge in [0.05, 0.1) is 35.6 Å². The maximum atomic E-state index is 8.88. The van der Waals surface area contributed by atoms with Crippen molar-refractivity contribution in [3.05, 3.63) is 64.6 Å². The number of hydrogen-bond donors (Lipinski definition) is 2. The normalized spacial score (nSPS) is 11.8. The van der Waals surface area contributed by atoms with Crippen LogP contribution in [0.3, 0.4) is 0 Å². The number of hydrogen-bond acceptors (Lipinski definition) is 5. The molecule has 3 aromatic heterocycles. The Kier molecular flexibility index (Phi) is 5.42. The number of fused-ring (bicyclic) bond motifs is 3. The smallest absolute Gasteiger partial charge is 0.161 e. The van der Waals surface area contributed by atoms with E-state index in [4.69, 9.17) is 22.1 Å². The summed E-state index contributed by atoms with van der Waals surface area (Å²) in [7, 11) is 0. The largest absolute Gasteiger partial charge is 0.394 e. The van der Waals surface area contributed by atoms with Gasteiger partial charge in [0.25, 0.3) is 0 Å². The molecule has 0 aliphatic carbocycles. The molecule has 0 spiro atoms. The molecule has 29 heavy (non-hydrogen) atoms. The van der Waals surface area contributed by atoms with E-state index in [1.165, 1.54) is 0 Å². The van der Waals surface area contributed by atoms with E-state index >= 15 is 0 Å². The van der Waals surface area contributed by atoms with Gasteiger partial charge < -0.3 is 15.1 Å². The summed E-state index contributed by atoms with van der Waals surface area (Å²) in [6, 6.07) is 13.7. The second-order valence-corrected chi connectivity index (χ2v) is 7.22. The summed E-state index contributed by atoms with van der Waals surface area (Å²) in [5.74, 6) is 0.799. The minimum atomic E-state index is 0.00372. The molecule has 0 bridgehead atoms. The molecule has 0 saturated carbocycles. The molecule has 0 atom stereocenters. The number of benzene rings is 1. The molecule has 0 saturated heterocycles. The van der Waals surface area contributed by atoms with Crippen LogP contribution >= 0.6 is 11.6 Å². The molecule has 2 N–H and O–H groups in total. The molecule has 0 amide bonds. The first-order valence-corrected chi connectivity index (χ1v) is 9.71. The summed E-state index contributed by atoms with van der Waals surface area (Å²) >= 11 is 6.18. The van der Waals surface area contributed by atoms with Gasteiger partial charge in [-0.05, 0) is 42.8 Å². The van der Waals surface area contributed by atoms with Crippen LogP contribution in [-0.4, -0.2) is 49.3 Å². The van der Waals surface area contributed by atoms with Gasteiger partial charge in [-0.15, -0.1) is 10.2 Å². The van der Waals surface area contributed by atoms with Crippen molar-refractivity contribution >= 4 is 40.2 Å². The topological polar surface area (TPSA) is 91.6 Å². The van der Waals surface area contributed by atoms with Gasteiger partial charge in [0, 0.05) is 24.2 Å². The van der Waals surface area contributed by atoms with Gasteiger partial charge in [0.1, 0.15) is 5.82 Å². The van der Waals surface area contributed by atoms with Crippen LogP contribution in [-0.2, 0) is 6.54 Å². The Hall–Kier alpha value is -3.03. The molecule has 0 aliphatic heterocycles. The van der Waals surface area contributed by atoms with Crippen molar-refractivity contribution in [2.24, 2.45) is 4.99 Å². The summed E-state index contributed by atoms with van der Waals surface area (Å²) in [6.07, 6.45) is 2.07. The van der Waals surface area contributed by atoms with Crippen LogP contribution in [0.25, 0.3) is 16.7 Å². The lowest BCUT2D eigenvalue weighted by atomic mass is 10.2. The number of aryl methyl sites for hydroxylation is 1. The van der Waals surface area contributed by atoms with E-state index in [2.05, 4.69) is 19.8 Å². The third-order valence-electron chi connectivity index (χ3n) is 4.79. The Morgan fingerprint density at radius 2 is 2.07 bits per heavy atom. The third-order valence-corrected chi connectivity index (χ3v) is 5.03. The van der Waals surface area contributed by atoms with Gasteiger partial charge in [-0.3, -0.25) is 9.39 Å². The molecule has 0 unspecified atom stereocenters. The van der Waals surface area contributed by atoms with Crippen molar-refractivity contribution in [3.8, 4) is 0 Å². The van der Waals surface area contributed by atoms with Crippen LogP contribution in [0, 0.1) is 12.3 Å². The Labute approximate surface area is 172 Å². The van der Waals surface area contributed by atoms with Crippen LogP contribution in [0.4, 0.5) is 0 Å². The lowest BCUT2D eigenvalue weighted by Crippen LogP contribution is -2.10. The number of nitrogens with one attached hydrogen (secondary N) is 1. The maximum absolute atomic E-state index is 8.88. The van der Waals surface area contributed by atoms with Crippen LogP contribution < -0.4 is 0 Å². The summed E-state index contributed by atoms with van der Waals surface area (Å²) in [6.45, 7) is 2.85. The van der Waals surface area contributed by atoms with Crippen LogP contribution in [0.2, 0.25) is 5.02 Å². The van der Waals surface area contributed by atoms with Crippen molar-refractivity contribution in [1.29, 1.82) is 5.41 Å². The zero-order valence-electron chi connectivity index (χ0n) is 16.0. The highest BCUT2D eigenvalue weighted by Gasteiger charge is 2.16. The molecule has 0 radical (unpaired) electrons. The quantitative estimate of drug-likeness (QED) is 0.458. The van der Waals surface area contributed by atoms with Crippen molar-refractivity contribution in [3.63, 3.8) is 0 Å². The van der Waals surface area contributed by atoms with Gasteiger partial charge in [-0.1, -0.05) is 23.7 Å². The summed E-state index contributed by atoms with van der Waals surface area (Å²) in [5, 5.41) is 26.6. The van der Waals surface area contributed by atoms with Crippen molar-refractivity contribution in [1.82, 2.24) is 19.2 Å². The number of pyridine rings is 1. The number of halogens is 1. The highest BCUT2D eigenvalue weighted by molar-refractivity contribution is 6.30. The lowest BCUT2D eigenvalue weighted by molar-refractivity contribution is 0.307. The second-order valence-electron chi connectivity index (χ2n) is 6.79. The van der Waals surface area contributed by atoms with E-state index in [1.54, 1.807) is 6.21 Å². The average Bonchev–Trinajstić information content (AvgIpc) is 3.26. The van der Waals surface area contributed by atoms with Gasteiger partial charge in [-0.25, -0.2) is 0 Å². The summed E-state index contributed by atoms with van der Waals surface area (Å²) in [5.41, 5.74) is 5.03. The van der Waals surface area contributed by atoms with E-state index in [0.717, 1.165) is 33.8 Å². The summed E-state index contributed by atoms with van der Waals surface area (Å²) in [4.78, 5) is 4.12. The summed E-state index contributed by atoms with van der Waals surface area (Å²) < 4.78 is 4.11. The Morgan fingerprint density at radius 3 is 2.86 bits per heavy atom. The third kappa shape index (κ3) is 3.79. The first kappa shape index (κ1) is 19.3. The monoisotopic (exact) mass is 408 g/mol. The van der Waals surface area contributed by atoms with E-state index in [9.17, 15) is 0 Å². The van der Waals surface area contributed by atoms with Gasteiger partial charge in [-0.2, -0.15) is 0 Å². The van der Waals surface area contributed by atoms with Crippen molar-refractivity contribution in [2.75, 3.05) is 13.2 Å². The number of aliphatic hydroxyl groups is 1. The van der Waals surface area contributed by atoms with E-state index in [0.29, 0.717) is 30.2 Å². The average molecular weight is 409 g/mol. The Morgan fingerprint density at radius 1 is 1.21 bits per heavy atom. The highest BCUT2D eigenvalue weighted by atomic mass is 35.5. The Bertz CT molecular complexity index is 1220. The molecular formula is C21H21ClN6O. The predicted octanol–water partition coefficient (Wildman–Crippen LogP) is 3.52. The molecule has 148 valence electrons. The molecule has 8 heteroatoms. The van der Waals surface area contributed by atoms with Crippen LogP contribution in [0.1, 0.15) is 23.5 Å². The zero-order chi connectivity index (χ0) is 20.4. The van der Waals surface area contributed by atoms with Gasteiger partial charge in [0.2, 0.25) is 0 Å². The maximum Gasteiger partial charge on any atom is 0.161 e. The number of aliphatic hydroxyl groups excluding tert-OH is 1. The highest BCUT2D eigenvalue weighted by Crippen LogP contribution is 2.25. The van der Waals surface area contributed by atoms with Gasteiger partial charge in [0.15, 0.2) is 5.65 Å². The fraction of sp³-hybridized carbons (Fsp3) is 0.238.